The van der Waals surface area contributed by atoms with Crippen LogP contribution in [0.3, 0.4) is 0 Å². The Morgan fingerprint density at radius 2 is 2.36 bits per heavy atom. The molecule has 0 bridgehead atoms. The number of anilines is 2. The third-order valence-electron chi connectivity index (χ3n) is 4.15. The highest BCUT2D eigenvalue weighted by molar-refractivity contribution is 5.89. The van der Waals surface area contributed by atoms with E-state index in [2.05, 4.69) is 25.2 Å². The van der Waals surface area contributed by atoms with Gasteiger partial charge in [-0.2, -0.15) is 0 Å². The van der Waals surface area contributed by atoms with Crippen molar-refractivity contribution in [1.82, 2.24) is 24.8 Å². The largest absolute Gasteiger partial charge is 0.384 e. The van der Waals surface area contributed by atoms with Crippen molar-refractivity contribution in [2.24, 2.45) is 0 Å². The van der Waals surface area contributed by atoms with Gasteiger partial charge in [0.1, 0.15) is 17.5 Å². The zero-order valence-electron chi connectivity index (χ0n) is 13.9. The molecule has 0 spiro atoms. The monoisotopic (exact) mass is 345 g/mol. The molecule has 1 saturated heterocycles. The minimum absolute atomic E-state index is 0.196. The minimum Gasteiger partial charge on any atom is -0.384 e. The van der Waals surface area contributed by atoms with Crippen molar-refractivity contribution in [2.45, 2.75) is 19.0 Å². The summed E-state index contributed by atoms with van der Waals surface area (Å²) in [7, 11) is 1.97. The number of nitrogens with one attached hydrogen (secondary N) is 1. The van der Waals surface area contributed by atoms with Gasteiger partial charge in [-0.15, -0.1) is 0 Å². The molecule has 132 valence electrons. The Morgan fingerprint density at radius 3 is 3.12 bits per heavy atom. The summed E-state index contributed by atoms with van der Waals surface area (Å²) in [5, 5.41) is 2.67. The van der Waals surface area contributed by atoms with Crippen LogP contribution in [0.5, 0.6) is 0 Å². The number of pyridine rings is 1. The highest BCUT2D eigenvalue weighted by Crippen LogP contribution is 2.17. The second-order valence-corrected chi connectivity index (χ2v) is 6.02. The van der Waals surface area contributed by atoms with Crippen LogP contribution in [0, 0.1) is 5.82 Å². The topological polar surface area (TPSA) is 100 Å². The highest BCUT2D eigenvalue weighted by Gasteiger charge is 2.29. The molecule has 8 nitrogen and oxygen atoms in total. The minimum atomic E-state index is -0.487. The van der Waals surface area contributed by atoms with Crippen LogP contribution in [0.1, 0.15) is 12.2 Å². The first-order chi connectivity index (χ1) is 12.0. The number of carbonyl (C=O) groups excluding carboxylic acids is 1. The molecule has 0 aromatic carbocycles. The molecule has 3 heterocycles. The highest BCUT2D eigenvalue weighted by atomic mass is 19.1. The Hall–Kier alpha value is -2.81. The van der Waals surface area contributed by atoms with Gasteiger partial charge >= 0.3 is 6.03 Å². The van der Waals surface area contributed by atoms with Gasteiger partial charge < -0.3 is 16.0 Å². The van der Waals surface area contributed by atoms with Gasteiger partial charge in [-0.25, -0.2) is 19.2 Å². The maximum atomic E-state index is 13.1. The van der Waals surface area contributed by atoms with Crippen LogP contribution in [0.25, 0.3) is 0 Å². The number of likely N-dealkylation sites (tertiary alicyclic amines) is 1. The van der Waals surface area contributed by atoms with Crippen molar-refractivity contribution in [2.75, 3.05) is 31.2 Å². The molecular weight excluding hydrogens is 325 g/mol. The molecule has 0 aliphatic carbocycles. The smallest absolute Gasteiger partial charge is 0.321 e. The van der Waals surface area contributed by atoms with E-state index in [1.165, 1.54) is 12.3 Å². The number of likely N-dealkylation sites (N-methyl/N-ethyl adjacent to an activating group) is 1. The number of halogens is 1. The Kier molecular flexibility index (Phi) is 5.03. The Labute approximate surface area is 144 Å². The molecule has 1 aliphatic rings. The van der Waals surface area contributed by atoms with E-state index in [0.717, 1.165) is 12.6 Å². The molecule has 3 rings (SSSR count). The van der Waals surface area contributed by atoms with E-state index in [1.807, 2.05) is 7.05 Å². The molecule has 1 unspecified atom stereocenters. The summed E-state index contributed by atoms with van der Waals surface area (Å²) in [5.74, 6) is 0.602. The van der Waals surface area contributed by atoms with Crippen LogP contribution in [0.15, 0.2) is 30.7 Å². The van der Waals surface area contributed by atoms with E-state index in [9.17, 15) is 9.18 Å². The number of hydrogen-bond donors (Lipinski definition) is 2. The first-order valence-electron chi connectivity index (χ1n) is 7.95. The molecule has 1 aliphatic heterocycles. The van der Waals surface area contributed by atoms with Gasteiger partial charge in [0.15, 0.2) is 0 Å². The number of nitrogens with two attached hydrogens (primary N) is 1. The van der Waals surface area contributed by atoms with Gasteiger partial charge in [0.05, 0.1) is 24.6 Å². The number of aromatic nitrogens is 3. The standard InChI is InChI=1S/C16H20FN7O/c1-23(10-15-20-4-2-14(18)22-15)13-3-5-24(9-13)16(25)21-12-6-11(17)7-19-8-12/h2,4,6-8,13H,3,5,9-10H2,1H3,(H,21,25)(H2,18,20,22). The van der Waals surface area contributed by atoms with Crippen molar-refractivity contribution >= 4 is 17.5 Å². The van der Waals surface area contributed by atoms with Gasteiger partial charge in [0, 0.05) is 31.4 Å². The summed E-state index contributed by atoms with van der Waals surface area (Å²) in [5.41, 5.74) is 6.01. The Morgan fingerprint density at radius 1 is 1.52 bits per heavy atom. The molecule has 2 aromatic heterocycles. The molecule has 0 saturated carbocycles. The van der Waals surface area contributed by atoms with Crippen molar-refractivity contribution in [3.8, 4) is 0 Å². The Balaban J connectivity index is 1.54. The maximum Gasteiger partial charge on any atom is 0.321 e. The lowest BCUT2D eigenvalue weighted by atomic mass is 10.2. The zero-order chi connectivity index (χ0) is 17.8. The Bertz CT molecular complexity index is 757. The molecule has 25 heavy (non-hydrogen) atoms. The SMILES string of the molecule is CN(Cc1nccc(N)n1)C1CCN(C(=O)Nc2cncc(F)c2)C1. The number of carbonyl (C=O) groups is 1. The lowest BCUT2D eigenvalue weighted by molar-refractivity contribution is 0.206. The fourth-order valence-electron chi connectivity index (χ4n) is 2.81. The zero-order valence-corrected chi connectivity index (χ0v) is 13.9. The van der Waals surface area contributed by atoms with E-state index in [-0.39, 0.29) is 12.1 Å². The molecule has 1 fully saturated rings. The van der Waals surface area contributed by atoms with Crippen LogP contribution in [0.2, 0.25) is 0 Å². The number of nitrogen functional groups attached to an aromatic ring is 1. The van der Waals surface area contributed by atoms with Crippen molar-refractivity contribution in [3.63, 3.8) is 0 Å². The van der Waals surface area contributed by atoms with Crippen molar-refractivity contribution < 1.29 is 9.18 Å². The van der Waals surface area contributed by atoms with Gasteiger partial charge in [0.25, 0.3) is 0 Å². The lowest BCUT2D eigenvalue weighted by Crippen LogP contribution is -2.38. The van der Waals surface area contributed by atoms with Gasteiger partial charge in [0.2, 0.25) is 0 Å². The van der Waals surface area contributed by atoms with Crippen molar-refractivity contribution in [3.05, 3.63) is 42.4 Å². The predicted molar refractivity (Wildman–Crippen MR) is 91.1 cm³/mol. The van der Waals surface area contributed by atoms with Crippen LogP contribution in [0.4, 0.5) is 20.7 Å². The number of hydrogen-bond acceptors (Lipinski definition) is 6. The quantitative estimate of drug-likeness (QED) is 0.867. The number of amides is 2. The van der Waals surface area contributed by atoms with Crippen LogP contribution in [-0.2, 0) is 6.54 Å². The number of rotatable bonds is 4. The molecule has 0 radical (unpaired) electrons. The van der Waals surface area contributed by atoms with Gasteiger partial charge in [-0.3, -0.25) is 9.88 Å². The average molecular weight is 345 g/mol. The van der Waals surface area contributed by atoms with E-state index in [0.29, 0.717) is 37.0 Å². The summed E-state index contributed by atoms with van der Waals surface area (Å²) >= 11 is 0. The maximum absolute atomic E-state index is 13.1. The second-order valence-electron chi connectivity index (χ2n) is 6.02. The van der Waals surface area contributed by atoms with Crippen LogP contribution < -0.4 is 11.1 Å². The number of urea groups is 1. The predicted octanol–water partition coefficient (Wildman–Crippen LogP) is 1.33. The summed E-state index contributed by atoms with van der Waals surface area (Å²) in [4.78, 5) is 28.2. The summed E-state index contributed by atoms with van der Waals surface area (Å²) in [6, 6.07) is 2.82. The lowest BCUT2D eigenvalue weighted by Gasteiger charge is -2.24. The molecular formula is C16H20FN7O. The third-order valence-corrected chi connectivity index (χ3v) is 4.15. The summed E-state index contributed by atoms with van der Waals surface area (Å²) in [6.07, 6.45) is 4.98. The van der Waals surface area contributed by atoms with E-state index >= 15 is 0 Å². The van der Waals surface area contributed by atoms with E-state index in [4.69, 9.17) is 5.73 Å². The van der Waals surface area contributed by atoms with Gasteiger partial charge in [-0.05, 0) is 19.5 Å². The van der Waals surface area contributed by atoms with Crippen LogP contribution >= 0.6 is 0 Å². The van der Waals surface area contributed by atoms with Gasteiger partial charge in [-0.1, -0.05) is 0 Å². The molecule has 1 atom stereocenters. The van der Waals surface area contributed by atoms with E-state index < -0.39 is 5.82 Å². The summed E-state index contributed by atoms with van der Waals surface area (Å²) < 4.78 is 13.1. The molecule has 2 amide bonds. The first kappa shape index (κ1) is 17.0. The molecule has 3 N–H and O–H groups in total. The third kappa shape index (κ3) is 4.38. The second kappa shape index (κ2) is 7.39. The summed E-state index contributed by atoms with van der Waals surface area (Å²) in [6.45, 7) is 1.76. The molecule has 2 aromatic rings. The van der Waals surface area contributed by atoms with E-state index in [1.54, 1.807) is 17.2 Å². The fraction of sp³-hybridized carbons (Fsp3) is 0.375. The molecule has 9 heteroatoms. The first-order valence-corrected chi connectivity index (χ1v) is 7.95. The van der Waals surface area contributed by atoms with Crippen LogP contribution in [-0.4, -0.2) is 57.0 Å². The fourth-order valence-corrected chi connectivity index (χ4v) is 2.81. The normalized spacial score (nSPS) is 17.1. The number of nitrogens with zero attached hydrogens (tertiary/aromatic N) is 5. The van der Waals surface area contributed by atoms with Crippen molar-refractivity contribution in [1.29, 1.82) is 0 Å². The average Bonchev–Trinajstić information content (AvgIpc) is 3.05.